The predicted octanol–water partition coefficient (Wildman–Crippen LogP) is 2.18. The summed E-state index contributed by atoms with van der Waals surface area (Å²) in [5.41, 5.74) is 1.07. The monoisotopic (exact) mass is 524 g/mol. The van der Waals surface area contributed by atoms with Gasteiger partial charge in [0.2, 0.25) is 11.8 Å². The smallest absolute Gasteiger partial charge is 0.233 e. The first-order valence-electron chi connectivity index (χ1n) is 10.3. The summed E-state index contributed by atoms with van der Waals surface area (Å²) < 4.78 is 5.17. The van der Waals surface area contributed by atoms with Crippen molar-refractivity contribution in [3.63, 3.8) is 0 Å². The van der Waals surface area contributed by atoms with Gasteiger partial charge in [-0.2, -0.15) is 0 Å². The molecule has 2 amide bonds. The summed E-state index contributed by atoms with van der Waals surface area (Å²) >= 11 is 0. The number of aliphatic imine (C=N–C) groups is 1. The summed E-state index contributed by atoms with van der Waals surface area (Å²) in [6.45, 7) is 4.11. The van der Waals surface area contributed by atoms with Crippen molar-refractivity contribution in [2.45, 2.75) is 19.9 Å². The zero-order valence-electron chi connectivity index (χ0n) is 17.3. The van der Waals surface area contributed by atoms with Gasteiger partial charge in [0.1, 0.15) is 5.75 Å². The van der Waals surface area contributed by atoms with E-state index < -0.39 is 0 Å². The lowest BCUT2D eigenvalue weighted by Crippen LogP contribution is -2.43. The van der Waals surface area contributed by atoms with Gasteiger partial charge >= 0.3 is 0 Å². The van der Waals surface area contributed by atoms with Gasteiger partial charge in [0.05, 0.1) is 25.5 Å². The van der Waals surface area contributed by atoms with Crippen LogP contribution < -0.4 is 15.4 Å². The number of imide groups is 1. The lowest BCUT2D eigenvalue weighted by atomic mass is 9.85. The highest BCUT2D eigenvalue weighted by atomic mass is 127. The summed E-state index contributed by atoms with van der Waals surface area (Å²) in [6.07, 6.45) is 5.20. The Labute approximate surface area is 194 Å². The van der Waals surface area contributed by atoms with E-state index in [0.717, 1.165) is 24.3 Å². The van der Waals surface area contributed by atoms with Crippen molar-refractivity contribution in [2.75, 3.05) is 26.7 Å². The summed E-state index contributed by atoms with van der Waals surface area (Å²) in [5.74, 6) is 1.73. The van der Waals surface area contributed by atoms with Crippen LogP contribution in [-0.4, -0.2) is 49.4 Å². The van der Waals surface area contributed by atoms with Gasteiger partial charge in [-0.05, 0) is 42.9 Å². The van der Waals surface area contributed by atoms with Crippen LogP contribution in [-0.2, 0) is 16.1 Å². The molecular formula is C22H29IN4O3. The van der Waals surface area contributed by atoms with Gasteiger partial charge in [-0.15, -0.1) is 24.0 Å². The highest BCUT2D eigenvalue weighted by Crippen LogP contribution is 2.52. The normalized spacial score (nSPS) is 26.6. The minimum Gasteiger partial charge on any atom is -0.497 e. The molecule has 1 aromatic rings. The number of fused-ring (bicyclic) bond motifs is 5. The fraction of sp³-hybridized carbons (Fsp3) is 0.500. The first-order chi connectivity index (χ1) is 14.1. The van der Waals surface area contributed by atoms with Crippen molar-refractivity contribution in [1.82, 2.24) is 15.5 Å². The van der Waals surface area contributed by atoms with Crippen molar-refractivity contribution >= 4 is 41.8 Å². The van der Waals surface area contributed by atoms with Crippen LogP contribution in [0.3, 0.4) is 0 Å². The SMILES string of the molecule is CCNC(=NCc1ccc(OC)cc1)NCCN1C(=O)C2C3C=CC(C3)C2C1=O.I. The Hall–Kier alpha value is -2.10. The Morgan fingerprint density at radius 3 is 2.30 bits per heavy atom. The molecule has 8 heteroatoms. The Kier molecular flexibility index (Phi) is 7.38. The van der Waals surface area contributed by atoms with E-state index in [4.69, 9.17) is 4.74 Å². The van der Waals surface area contributed by atoms with Crippen molar-refractivity contribution in [2.24, 2.45) is 28.7 Å². The fourth-order valence-corrected chi connectivity index (χ4v) is 4.71. The summed E-state index contributed by atoms with van der Waals surface area (Å²) in [7, 11) is 1.64. The van der Waals surface area contributed by atoms with Crippen LogP contribution in [0.5, 0.6) is 5.75 Å². The number of rotatable bonds is 7. The molecule has 162 valence electrons. The van der Waals surface area contributed by atoms with Crippen LogP contribution in [0.2, 0.25) is 0 Å². The second-order valence-corrected chi connectivity index (χ2v) is 7.80. The summed E-state index contributed by atoms with van der Waals surface area (Å²) in [5, 5.41) is 6.44. The number of nitrogens with zero attached hydrogens (tertiary/aromatic N) is 2. The Morgan fingerprint density at radius 2 is 1.73 bits per heavy atom. The number of hydrogen-bond acceptors (Lipinski definition) is 4. The first-order valence-corrected chi connectivity index (χ1v) is 10.3. The molecule has 3 aliphatic rings. The van der Waals surface area contributed by atoms with E-state index in [9.17, 15) is 9.59 Å². The number of nitrogens with one attached hydrogen (secondary N) is 2. The molecule has 1 aromatic carbocycles. The minimum atomic E-state index is -0.130. The van der Waals surface area contributed by atoms with Gasteiger partial charge in [0.15, 0.2) is 5.96 Å². The highest BCUT2D eigenvalue weighted by Gasteiger charge is 2.58. The maximum atomic E-state index is 12.7. The zero-order valence-corrected chi connectivity index (χ0v) is 19.7. The average molecular weight is 524 g/mol. The van der Waals surface area contributed by atoms with E-state index in [1.165, 1.54) is 4.90 Å². The number of carbonyl (C=O) groups is 2. The third-order valence-electron chi connectivity index (χ3n) is 6.11. The van der Waals surface area contributed by atoms with Gasteiger partial charge in [-0.3, -0.25) is 14.5 Å². The predicted molar refractivity (Wildman–Crippen MR) is 126 cm³/mol. The molecule has 2 fully saturated rings. The van der Waals surface area contributed by atoms with E-state index in [0.29, 0.717) is 25.6 Å². The maximum absolute atomic E-state index is 12.7. The summed E-state index contributed by atoms with van der Waals surface area (Å²) in [4.78, 5) is 31.5. The number of halogens is 1. The van der Waals surface area contributed by atoms with Crippen LogP contribution in [0.15, 0.2) is 41.4 Å². The molecule has 2 N–H and O–H groups in total. The van der Waals surface area contributed by atoms with E-state index in [2.05, 4.69) is 27.8 Å². The van der Waals surface area contributed by atoms with Crippen molar-refractivity contribution < 1.29 is 14.3 Å². The van der Waals surface area contributed by atoms with Crippen LogP contribution in [0.1, 0.15) is 18.9 Å². The topological polar surface area (TPSA) is 83.0 Å². The van der Waals surface area contributed by atoms with E-state index in [1.54, 1.807) is 7.11 Å². The van der Waals surface area contributed by atoms with Crippen molar-refractivity contribution in [3.05, 3.63) is 42.0 Å². The number of allylic oxidation sites excluding steroid dienone is 2. The minimum absolute atomic E-state index is 0. The quantitative estimate of drug-likeness (QED) is 0.188. The van der Waals surface area contributed by atoms with Gasteiger partial charge in [-0.1, -0.05) is 24.3 Å². The highest BCUT2D eigenvalue weighted by molar-refractivity contribution is 14.0. The summed E-state index contributed by atoms with van der Waals surface area (Å²) in [6, 6.07) is 7.78. The number of ether oxygens (including phenoxy) is 1. The third kappa shape index (κ3) is 4.33. The van der Waals surface area contributed by atoms with E-state index >= 15 is 0 Å². The molecule has 4 unspecified atom stereocenters. The number of benzene rings is 1. The van der Waals surface area contributed by atoms with Gasteiger partial charge in [-0.25, -0.2) is 4.99 Å². The number of hydrogen-bond donors (Lipinski definition) is 2. The van der Waals surface area contributed by atoms with Gasteiger partial charge in [0, 0.05) is 19.6 Å². The number of guanidine groups is 1. The molecule has 0 spiro atoms. The Morgan fingerprint density at radius 1 is 1.10 bits per heavy atom. The molecule has 1 saturated heterocycles. The zero-order chi connectivity index (χ0) is 20.4. The molecule has 30 heavy (non-hydrogen) atoms. The lowest BCUT2D eigenvalue weighted by Gasteiger charge is -2.18. The second-order valence-electron chi connectivity index (χ2n) is 7.80. The molecule has 1 heterocycles. The van der Waals surface area contributed by atoms with Gasteiger partial charge < -0.3 is 15.4 Å². The molecule has 2 bridgehead atoms. The van der Waals surface area contributed by atoms with Crippen molar-refractivity contribution in [3.8, 4) is 5.75 Å². The first kappa shape index (κ1) is 22.6. The maximum Gasteiger partial charge on any atom is 0.233 e. The molecule has 0 aromatic heterocycles. The second kappa shape index (κ2) is 9.80. The number of amides is 2. The Balaban J connectivity index is 0.00000256. The standard InChI is InChI=1S/C22H28N4O3.HI/c1-3-23-22(25-13-14-4-8-17(29-2)9-5-14)24-10-11-26-20(27)18-15-6-7-16(12-15)19(18)21(26)28;/h4-9,15-16,18-19H,3,10-13H2,1-2H3,(H2,23,24,25);1H. The molecular weight excluding hydrogens is 495 g/mol. The molecule has 4 rings (SSSR count). The van der Waals surface area contributed by atoms with Crippen LogP contribution >= 0.6 is 24.0 Å². The van der Waals surface area contributed by atoms with Crippen LogP contribution in [0.4, 0.5) is 0 Å². The van der Waals surface area contributed by atoms with Crippen LogP contribution in [0, 0.1) is 23.7 Å². The number of likely N-dealkylation sites (tertiary alicyclic amines) is 1. The number of carbonyl (C=O) groups excluding carboxylic acids is 2. The molecule has 2 aliphatic carbocycles. The molecule has 0 radical (unpaired) electrons. The number of methoxy groups -OCH3 is 1. The Bertz CT molecular complexity index is 809. The molecule has 1 saturated carbocycles. The molecule has 1 aliphatic heterocycles. The fourth-order valence-electron chi connectivity index (χ4n) is 4.71. The van der Waals surface area contributed by atoms with Gasteiger partial charge in [0.25, 0.3) is 0 Å². The third-order valence-corrected chi connectivity index (χ3v) is 6.11. The van der Waals surface area contributed by atoms with E-state index in [-0.39, 0.29) is 59.5 Å². The molecule has 7 nitrogen and oxygen atoms in total. The van der Waals surface area contributed by atoms with E-state index in [1.807, 2.05) is 31.2 Å². The van der Waals surface area contributed by atoms with Crippen molar-refractivity contribution in [1.29, 1.82) is 0 Å². The largest absolute Gasteiger partial charge is 0.497 e. The lowest BCUT2D eigenvalue weighted by molar-refractivity contribution is -0.140. The van der Waals surface area contributed by atoms with Crippen LogP contribution in [0.25, 0.3) is 0 Å². The average Bonchev–Trinajstić information content (AvgIpc) is 3.42. The molecule has 4 atom stereocenters.